The van der Waals surface area contributed by atoms with Gasteiger partial charge in [-0.3, -0.25) is 4.79 Å². The molecular formula is C11H16O3. The van der Waals surface area contributed by atoms with Crippen molar-refractivity contribution in [2.45, 2.75) is 32.8 Å². The third-order valence-electron chi connectivity index (χ3n) is 1.99. The van der Waals surface area contributed by atoms with E-state index in [1.165, 1.54) is 6.26 Å². The van der Waals surface area contributed by atoms with Gasteiger partial charge in [0.2, 0.25) is 5.78 Å². The Morgan fingerprint density at radius 2 is 2.43 bits per heavy atom. The predicted octanol–water partition coefficient (Wildman–Crippen LogP) is 2.67. The molecule has 0 N–H and O–H groups in total. The van der Waals surface area contributed by atoms with E-state index < -0.39 is 0 Å². The number of ether oxygens (including phenoxy) is 1. The van der Waals surface area contributed by atoms with Crippen LogP contribution in [0.4, 0.5) is 0 Å². The van der Waals surface area contributed by atoms with Gasteiger partial charge in [-0.1, -0.05) is 13.3 Å². The van der Waals surface area contributed by atoms with E-state index in [0.29, 0.717) is 5.76 Å². The van der Waals surface area contributed by atoms with E-state index in [-0.39, 0.29) is 18.5 Å². The molecule has 1 aromatic heterocycles. The van der Waals surface area contributed by atoms with Crippen molar-refractivity contribution >= 4 is 5.78 Å². The monoisotopic (exact) mass is 196 g/mol. The fraction of sp³-hybridized carbons (Fsp3) is 0.545. The number of carbonyl (C=O) groups is 1. The molecule has 14 heavy (non-hydrogen) atoms. The molecule has 0 aliphatic heterocycles. The molecule has 0 aliphatic rings. The third kappa shape index (κ3) is 3.34. The highest BCUT2D eigenvalue weighted by atomic mass is 16.5. The van der Waals surface area contributed by atoms with E-state index in [0.717, 1.165) is 12.8 Å². The van der Waals surface area contributed by atoms with Crippen LogP contribution in [0.3, 0.4) is 0 Å². The van der Waals surface area contributed by atoms with Crippen molar-refractivity contribution in [3.8, 4) is 0 Å². The quantitative estimate of drug-likeness (QED) is 0.656. The van der Waals surface area contributed by atoms with Gasteiger partial charge in [0, 0.05) is 0 Å². The molecule has 0 saturated carbocycles. The Morgan fingerprint density at radius 1 is 1.64 bits per heavy atom. The van der Waals surface area contributed by atoms with E-state index in [4.69, 9.17) is 9.15 Å². The number of Topliss-reactive ketones (excluding diaryl/α,β-unsaturated/α-hetero) is 1. The van der Waals surface area contributed by atoms with Crippen LogP contribution in [0, 0.1) is 0 Å². The van der Waals surface area contributed by atoms with Crippen molar-refractivity contribution in [1.82, 2.24) is 0 Å². The first-order chi connectivity index (χ1) is 6.74. The molecule has 3 heteroatoms. The summed E-state index contributed by atoms with van der Waals surface area (Å²) in [5.41, 5.74) is 0. The van der Waals surface area contributed by atoms with Crippen LogP contribution in [0.1, 0.15) is 37.2 Å². The average Bonchev–Trinajstić information content (AvgIpc) is 2.67. The molecule has 1 atom stereocenters. The predicted molar refractivity (Wildman–Crippen MR) is 53.4 cm³/mol. The van der Waals surface area contributed by atoms with Crippen molar-refractivity contribution in [3.05, 3.63) is 24.2 Å². The molecule has 0 aromatic carbocycles. The molecule has 0 fully saturated rings. The zero-order valence-corrected chi connectivity index (χ0v) is 8.66. The highest BCUT2D eigenvalue weighted by molar-refractivity contribution is 5.94. The van der Waals surface area contributed by atoms with Crippen LogP contribution in [0.2, 0.25) is 0 Å². The molecule has 0 spiro atoms. The number of ketones is 1. The lowest BCUT2D eigenvalue weighted by molar-refractivity contribution is 0.0471. The van der Waals surface area contributed by atoms with Gasteiger partial charge in [-0.15, -0.1) is 0 Å². The van der Waals surface area contributed by atoms with Crippen LogP contribution >= 0.6 is 0 Å². The Morgan fingerprint density at radius 3 is 3.00 bits per heavy atom. The summed E-state index contributed by atoms with van der Waals surface area (Å²) in [6.07, 6.45) is 3.67. The second kappa shape index (κ2) is 5.60. The summed E-state index contributed by atoms with van der Waals surface area (Å²) >= 11 is 0. The number of hydrogen-bond donors (Lipinski definition) is 0. The Hall–Kier alpha value is -1.09. The SMILES string of the molecule is CCCC(C)OCC(=O)c1ccco1. The Kier molecular flexibility index (Phi) is 4.40. The van der Waals surface area contributed by atoms with Crippen LogP contribution in [-0.4, -0.2) is 18.5 Å². The van der Waals surface area contributed by atoms with E-state index in [2.05, 4.69) is 6.92 Å². The molecule has 1 aromatic rings. The first kappa shape index (κ1) is 11.0. The molecule has 0 amide bonds. The van der Waals surface area contributed by atoms with Gasteiger partial charge in [-0.05, 0) is 25.5 Å². The van der Waals surface area contributed by atoms with Gasteiger partial charge in [0.05, 0.1) is 12.4 Å². The van der Waals surface area contributed by atoms with Crippen molar-refractivity contribution < 1.29 is 13.9 Å². The second-order valence-corrected chi connectivity index (χ2v) is 3.31. The maximum atomic E-state index is 11.4. The second-order valence-electron chi connectivity index (χ2n) is 3.31. The molecule has 0 aliphatic carbocycles. The Labute approximate surface area is 84.1 Å². The molecule has 1 unspecified atom stereocenters. The summed E-state index contributed by atoms with van der Waals surface area (Å²) in [4.78, 5) is 11.4. The lowest BCUT2D eigenvalue weighted by atomic mass is 10.2. The topological polar surface area (TPSA) is 39.4 Å². The number of hydrogen-bond acceptors (Lipinski definition) is 3. The molecule has 0 radical (unpaired) electrons. The fourth-order valence-electron chi connectivity index (χ4n) is 1.22. The third-order valence-corrected chi connectivity index (χ3v) is 1.99. The van der Waals surface area contributed by atoms with Crippen LogP contribution in [0.15, 0.2) is 22.8 Å². The molecule has 0 saturated heterocycles. The molecule has 1 heterocycles. The summed E-state index contributed by atoms with van der Waals surface area (Å²) in [5, 5.41) is 0. The summed E-state index contributed by atoms with van der Waals surface area (Å²) in [6.45, 7) is 4.17. The zero-order chi connectivity index (χ0) is 10.4. The number of carbonyl (C=O) groups excluding carboxylic acids is 1. The summed E-state index contributed by atoms with van der Waals surface area (Å²) in [5.74, 6) is 0.270. The number of rotatable bonds is 6. The maximum Gasteiger partial charge on any atom is 0.223 e. The van der Waals surface area contributed by atoms with Crippen LogP contribution in [-0.2, 0) is 4.74 Å². The maximum absolute atomic E-state index is 11.4. The van der Waals surface area contributed by atoms with Crippen molar-refractivity contribution in [1.29, 1.82) is 0 Å². The van der Waals surface area contributed by atoms with Crippen LogP contribution in [0.25, 0.3) is 0 Å². The fourth-order valence-corrected chi connectivity index (χ4v) is 1.22. The van der Waals surface area contributed by atoms with Gasteiger partial charge in [0.25, 0.3) is 0 Å². The minimum atomic E-state index is -0.0991. The lowest BCUT2D eigenvalue weighted by Gasteiger charge is -2.09. The minimum absolute atomic E-state index is 0.0991. The van der Waals surface area contributed by atoms with E-state index >= 15 is 0 Å². The van der Waals surface area contributed by atoms with Crippen LogP contribution in [0.5, 0.6) is 0 Å². The van der Waals surface area contributed by atoms with Gasteiger partial charge in [-0.2, -0.15) is 0 Å². The van der Waals surface area contributed by atoms with E-state index in [1.807, 2.05) is 6.92 Å². The minimum Gasteiger partial charge on any atom is -0.461 e. The van der Waals surface area contributed by atoms with Crippen molar-refractivity contribution in [2.24, 2.45) is 0 Å². The van der Waals surface area contributed by atoms with Crippen molar-refractivity contribution in [3.63, 3.8) is 0 Å². The zero-order valence-electron chi connectivity index (χ0n) is 8.66. The highest BCUT2D eigenvalue weighted by Gasteiger charge is 2.10. The highest BCUT2D eigenvalue weighted by Crippen LogP contribution is 2.05. The van der Waals surface area contributed by atoms with Gasteiger partial charge in [0.1, 0.15) is 6.61 Å². The molecule has 3 nitrogen and oxygen atoms in total. The lowest BCUT2D eigenvalue weighted by Crippen LogP contribution is -2.15. The van der Waals surface area contributed by atoms with E-state index in [9.17, 15) is 4.79 Å². The summed E-state index contributed by atoms with van der Waals surface area (Å²) in [6, 6.07) is 3.35. The van der Waals surface area contributed by atoms with Crippen LogP contribution < -0.4 is 0 Å². The number of furan rings is 1. The smallest absolute Gasteiger partial charge is 0.223 e. The molecule has 0 bridgehead atoms. The largest absolute Gasteiger partial charge is 0.461 e. The van der Waals surface area contributed by atoms with Gasteiger partial charge in [-0.25, -0.2) is 0 Å². The Bertz CT molecular complexity index is 264. The summed E-state index contributed by atoms with van der Waals surface area (Å²) < 4.78 is 10.3. The average molecular weight is 196 g/mol. The van der Waals surface area contributed by atoms with E-state index in [1.54, 1.807) is 12.1 Å². The normalized spacial score (nSPS) is 12.7. The standard InChI is InChI=1S/C11H16O3/c1-3-5-9(2)14-8-10(12)11-6-4-7-13-11/h4,6-7,9H,3,5,8H2,1-2H3. The van der Waals surface area contributed by atoms with Gasteiger partial charge < -0.3 is 9.15 Å². The molecule has 78 valence electrons. The van der Waals surface area contributed by atoms with Gasteiger partial charge in [0.15, 0.2) is 5.76 Å². The van der Waals surface area contributed by atoms with Crippen molar-refractivity contribution in [2.75, 3.05) is 6.61 Å². The molecule has 1 rings (SSSR count). The Balaban J connectivity index is 2.28. The first-order valence-corrected chi connectivity index (χ1v) is 4.92. The van der Waals surface area contributed by atoms with Gasteiger partial charge >= 0.3 is 0 Å². The molecular weight excluding hydrogens is 180 g/mol. The summed E-state index contributed by atoms with van der Waals surface area (Å²) in [7, 11) is 0. The first-order valence-electron chi connectivity index (χ1n) is 4.92.